The van der Waals surface area contributed by atoms with Crippen molar-refractivity contribution in [1.82, 2.24) is 14.8 Å². The third-order valence-electron chi connectivity index (χ3n) is 4.21. The second-order valence-corrected chi connectivity index (χ2v) is 7.02. The monoisotopic (exact) mass is 369 g/mol. The van der Waals surface area contributed by atoms with Gasteiger partial charge < -0.3 is 9.47 Å². The first kappa shape index (κ1) is 16.9. The average Bonchev–Trinajstić information content (AvgIpc) is 3.37. The highest BCUT2D eigenvalue weighted by Crippen LogP contribution is 2.25. The molecule has 2 aromatic heterocycles. The third-order valence-corrected chi connectivity index (χ3v) is 5.07. The van der Waals surface area contributed by atoms with Crippen LogP contribution >= 0.6 is 11.3 Å². The van der Waals surface area contributed by atoms with Crippen LogP contribution in [0.3, 0.4) is 0 Å². The second kappa shape index (κ2) is 7.80. The number of hydrogen-bond donors (Lipinski definition) is 0. The molecule has 1 saturated heterocycles. The molecule has 3 heterocycles. The topological polar surface area (TPSA) is 66.2 Å². The summed E-state index contributed by atoms with van der Waals surface area (Å²) in [7, 11) is 0. The van der Waals surface area contributed by atoms with E-state index >= 15 is 0 Å². The molecule has 26 heavy (non-hydrogen) atoms. The highest BCUT2D eigenvalue weighted by molar-refractivity contribution is 7.13. The summed E-state index contributed by atoms with van der Waals surface area (Å²) >= 11 is 1.55. The van der Waals surface area contributed by atoms with Crippen LogP contribution in [0.2, 0.25) is 0 Å². The van der Waals surface area contributed by atoms with Crippen LogP contribution < -0.4 is 0 Å². The Bertz CT molecular complexity index is 856. The molecule has 6 nitrogen and oxygen atoms in total. The van der Waals surface area contributed by atoms with Gasteiger partial charge in [0.05, 0.1) is 16.7 Å². The first-order valence-electron chi connectivity index (χ1n) is 8.66. The minimum absolute atomic E-state index is 0.0272. The van der Waals surface area contributed by atoms with Crippen molar-refractivity contribution in [3.8, 4) is 16.4 Å². The third kappa shape index (κ3) is 3.68. The number of ether oxygens (including phenoxy) is 2. The fourth-order valence-electron chi connectivity index (χ4n) is 2.89. The number of hydrogen-bond acceptors (Lipinski definition) is 6. The maximum absolute atomic E-state index is 12.4. The number of esters is 1. The Morgan fingerprint density at radius 3 is 2.85 bits per heavy atom. The van der Waals surface area contributed by atoms with Gasteiger partial charge in [-0.25, -0.2) is 9.48 Å². The van der Waals surface area contributed by atoms with Crippen molar-refractivity contribution < 1.29 is 14.3 Å². The smallest absolute Gasteiger partial charge is 0.378 e. The predicted octanol–water partition coefficient (Wildman–Crippen LogP) is 3.72. The van der Waals surface area contributed by atoms with Gasteiger partial charge in [0, 0.05) is 6.61 Å². The van der Waals surface area contributed by atoms with Gasteiger partial charge in [-0.3, -0.25) is 0 Å². The highest BCUT2D eigenvalue weighted by atomic mass is 32.1. The first-order valence-corrected chi connectivity index (χ1v) is 9.54. The fourth-order valence-corrected chi connectivity index (χ4v) is 3.58. The number of carbonyl (C=O) groups excluding carboxylic acids is 1. The lowest BCUT2D eigenvalue weighted by molar-refractivity contribution is -0.0304. The van der Waals surface area contributed by atoms with Crippen LogP contribution in [0, 0.1) is 0 Å². The largest absolute Gasteiger partial charge is 0.457 e. The molecule has 1 atom stereocenters. The molecular weight excluding hydrogens is 350 g/mol. The van der Waals surface area contributed by atoms with Gasteiger partial charge in [0.25, 0.3) is 5.82 Å². The summed E-state index contributed by atoms with van der Waals surface area (Å²) in [6.07, 6.45) is 3.06. The van der Waals surface area contributed by atoms with Crippen LogP contribution in [0.25, 0.3) is 16.4 Å². The molecule has 0 bridgehead atoms. The van der Waals surface area contributed by atoms with E-state index in [4.69, 9.17) is 9.47 Å². The minimum Gasteiger partial charge on any atom is -0.457 e. The van der Waals surface area contributed by atoms with Crippen LogP contribution in [0.5, 0.6) is 0 Å². The Kier molecular flexibility index (Phi) is 5.08. The SMILES string of the molecule is O=C(OCC1CCCCO1)c1nc(-c2cccs2)n(-c2ccccc2)n1. The standard InChI is InChI=1S/C19H19N3O3S/c23-19(25-13-15-9-4-5-11-24-15)17-20-18(16-10-6-12-26-16)22(21-17)14-7-2-1-3-8-14/h1-3,6-8,10,12,15H,4-5,9,11,13H2. The predicted molar refractivity (Wildman–Crippen MR) is 98.5 cm³/mol. The molecule has 0 spiro atoms. The number of aromatic nitrogens is 3. The van der Waals surface area contributed by atoms with E-state index in [1.54, 1.807) is 16.0 Å². The van der Waals surface area contributed by atoms with Gasteiger partial charge in [0.15, 0.2) is 5.82 Å². The summed E-state index contributed by atoms with van der Waals surface area (Å²) in [6, 6.07) is 13.5. The van der Waals surface area contributed by atoms with Crippen molar-refractivity contribution in [2.45, 2.75) is 25.4 Å². The number of rotatable bonds is 5. The minimum atomic E-state index is -0.522. The number of para-hydroxylation sites is 1. The lowest BCUT2D eigenvalue weighted by Crippen LogP contribution is -2.26. The molecule has 1 unspecified atom stereocenters. The molecule has 1 aliphatic rings. The second-order valence-electron chi connectivity index (χ2n) is 6.07. The number of nitrogens with zero attached hydrogens (tertiary/aromatic N) is 3. The summed E-state index contributed by atoms with van der Waals surface area (Å²) in [5, 5.41) is 6.37. The van der Waals surface area contributed by atoms with Gasteiger partial charge in [0.2, 0.25) is 0 Å². The van der Waals surface area contributed by atoms with Gasteiger partial charge in [-0.05, 0) is 42.8 Å². The zero-order chi connectivity index (χ0) is 17.8. The van der Waals surface area contributed by atoms with Crippen LogP contribution in [-0.4, -0.2) is 40.1 Å². The van der Waals surface area contributed by atoms with E-state index in [9.17, 15) is 4.79 Å². The van der Waals surface area contributed by atoms with Crippen LogP contribution in [-0.2, 0) is 9.47 Å². The number of benzene rings is 1. The van der Waals surface area contributed by atoms with Crippen LogP contribution in [0.15, 0.2) is 47.8 Å². The molecule has 0 saturated carbocycles. The maximum atomic E-state index is 12.4. The highest BCUT2D eigenvalue weighted by Gasteiger charge is 2.22. The molecule has 134 valence electrons. The summed E-state index contributed by atoms with van der Waals surface area (Å²) in [5.74, 6) is 0.173. The van der Waals surface area contributed by atoms with E-state index in [0.717, 1.165) is 36.4 Å². The van der Waals surface area contributed by atoms with E-state index in [2.05, 4.69) is 10.1 Å². The van der Waals surface area contributed by atoms with Gasteiger partial charge in [-0.2, -0.15) is 4.98 Å². The van der Waals surface area contributed by atoms with Crippen molar-refractivity contribution in [2.24, 2.45) is 0 Å². The summed E-state index contributed by atoms with van der Waals surface area (Å²) in [4.78, 5) is 17.8. The summed E-state index contributed by atoms with van der Waals surface area (Å²) in [6.45, 7) is 0.971. The normalized spacial score (nSPS) is 17.2. The van der Waals surface area contributed by atoms with Gasteiger partial charge in [-0.15, -0.1) is 16.4 Å². The van der Waals surface area contributed by atoms with E-state index in [0.29, 0.717) is 5.82 Å². The van der Waals surface area contributed by atoms with E-state index in [1.807, 2.05) is 47.8 Å². The van der Waals surface area contributed by atoms with Gasteiger partial charge in [0.1, 0.15) is 6.61 Å². The van der Waals surface area contributed by atoms with Crippen LogP contribution in [0.4, 0.5) is 0 Å². The van der Waals surface area contributed by atoms with Crippen molar-refractivity contribution in [1.29, 1.82) is 0 Å². The lowest BCUT2D eigenvalue weighted by Gasteiger charge is -2.21. The molecule has 1 aliphatic heterocycles. The Labute approximate surface area is 155 Å². The van der Waals surface area contributed by atoms with Crippen LogP contribution in [0.1, 0.15) is 29.9 Å². The molecule has 7 heteroatoms. The average molecular weight is 369 g/mol. The zero-order valence-electron chi connectivity index (χ0n) is 14.2. The summed E-state index contributed by atoms with van der Waals surface area (Å²) in [5.41, 5.74) is 0.845. The lowest BCUT2D eigenvalue weighted by atomic mass is 10.1. The van der Waals surface area contributed by atoms with E-state index in [-0.39, 0.29) is 18.5 Å². The molecule has 3 aromatic rings. The van der Waals surface area contributed by atoms with E-state index in [1.165, 1.54) is 0 Å². The van der Waals surface area contributed by atoms with Crippen molar-refractivity contribution >= 4 is 17.3 Å². The maximum Gasteiger partial charge on any atom is 0.378 e. The quantitative estimate of drug-likeness (QED) is 0.641. The Morgan fingerprint density at radius 2 is 2.12 bits per heavy atom. The fraction of sp³-hybridized carbons (Fsp3) is 0.316. The molecule has 1 fully saturated rings. The van der Waals surface area contributed by atoms with Crippen molar-refractivity contribution in [2.75, 3.05) is 13.2 Å². The molecule has 0 amide bonds. The molecule has 0 N–H and O–H groups in total. The molecule has 0 radical (unpaired) electrons. The first-order chi connectivity index (χ1) is 12.8. The Morgan fingerprint density at radius 1 is 1.23 bits per heavy atom. The van der Waals surface area contributed by atoms with Gasteiger partial charge >= 0.3 is 5.97 Å². The van der Waals surface area contributed by atoms with Gasteiger partial charge in [-0.1, -0.05) is 24.3 Å². The van der Waals surface area contributed by atoms with Crippen molar-refractivity contribution in [3.63, 3.8) is 0 Å². The molecule has 0 aliphatic carbocycles. The molecule has 4 rings (SSSR count). The zero-order valence-corrected chi connectivity index (χ0v) is 15.0. The Hall–Kier alpha value is -2.51. The number of thiophene rings is 1. The molecule has 1 aromatic carbocycles. The van der Waals surface area contributed by atoms with E-state index < -0.39 is 5.97 Å². The van der Waals surface area contributed by atoms with Crippen molar-refractivity contribution in [3.05, 3.63) is 53.7 Å². The molecular formula is C19H19N3O3S. The summed E-state index contributed by atoms with van der Waals surface area (Å²) < 4.78 is 12.7. The Balaban J connectivity index is 1.57. The number of carbonyl (C=O) groups is 1.